The van der Waals surface area contributed by atoms with Gasteiger partial charge >= 0.3 is 0 Å². The predicted molar refractivity (Wildman–Crippen MR) is 62.3 cm³/mol. The minimum absolute atomic E-state index is 0.00638. The number of hydrogen-bond acceptors (Lipinski definition) is 3. The maximum atomic E-state index is 9.09. The van der Waals surface area contributed by atoms with Gasteiger partial charge in [-0.05, 0) is 19.9 Å². The first-order valence-electron chi connectivity index (χ1n) is 5.71. The lowest BCUT2D eigenvalue weighted by Gasteiger charge is -2.39. The van der Waals surface area contributed by atoms with E-state index in [1.165, 1.54) is 12.8 Å². The summed E-state index contributed by atoms with van der Waals surface area (Å²) in [5.41, 5.74) is 1.14. The lowest BCUT2D eigenvalue weighted by molar-refractivity contribution is 0.147. The Hall–Kier alpha value is -1.01. The summed E-state index contributed by atoms with van der Waals surface area (Å²) in [5, 5.41) is 9.09. The summed E-state index contributed by atoms with van der Waals surface area (Å²) in [6.45, 7) is 9.08. The third kappa shape index (κ3) is 3.24. The van der Waals surface area contributed by atoms with Crippen LogP contribution in [0.3, 0.4) is 0 Å². The van der Waals surface area contributed by atoms with Crippen molar-refractivity contribution in [3.8, 4) is 6.07 Å². The molecule has 0 amide bonds. The van der Waals surface area contributed by atoms with E-state index in [2.05, 4.69) is 36.4 Å². The van der Waals surface area contributed by atoms with Crippen LogP contribution in [0.2, 0.25) is 0 Å². The first-order valence-corrected chi connectivity index (χ1v) is 5.71. The standard InChI is InChI=1S/C12H21N3/c1-4-5-6-11(2)15-8-7-14(3)10-12(15)9-13/h12H,2,4-8,10H2,1,3H3. The fourth-order valence-electron chi connectivity index (χ4n) is 1.93. The van der Waals surface area contributed by atoms with Crippen molar-refractivity contribution in [2.24, 2.45) is 0 Å². The van der Waals surface area contributed by atoms with E-state index in [-0.39, 0.29) is 6.04 Å². The smallest absolute Gasteiger partial charge is 0.129 e. The zero-order chi connectivity index (χ0) is 11.3. The number of likely N-dealkylation sites (N-methyl/N-ethyl adjacent to an activating group) is 1. The van der Waals surface area contributed by atoms with Gasteiger partial charge in [-0.1, -0.05) is 19.9 Å². The average molecular weight is 207 g/mol. The molecule has 0 radical (unpaired) electrons. The lowest BCUT2D eigenvalue weighted by atomic mass is 10.1. The summed E-state index contributed by atoms with van der Waals surface area (Å²) in [4.78, 5) is 4.38. The summed E-state index contributed by atoms with van der Waals surface area (Å²) >= 11 is 0. The van der Waals surface area contributed by atoms with E-state index in [0.717, 1.165) is 31.8 Å². The molecular formula is C12H21N3. The van der Waals surface area contributed by atoms with Gasteiger partial charge in [-0.3, -0.25) is 0 Å². The van der Waals surface area contributed by atoms with Gasteiger partial charge in [-0.2, -0.15) is 5.26 Å². The minimum Gasteiger partial charge on any atom is -0.357 e. The summed E-state index contributed by atoms with van der Waals surface area (Å²) in [6, 6.07) is 2.36. The first kappa shape index (κ1) is 12.1. The first-order chi connectivity index (χ1) is 7.19. The van der Waals surface area contributed by atoms with E-state index >= 15 is 0 Å². The largest absolute Gasteiger partial charge is 0.357 e. The minimum atomic E-state index is -0.00638. The van der Waals surface area contributed by atoms with Crippen LogP contribution in [0.25, 0.3) is 0 Å². The van der Waals surface area contributed by atoms with Gasteiger partial charge in [0, 0.05) is 25.3 Å². The maximum absolute atomic E-state index is 9.09. The van der Waals surface area contributed by atoms with Gasteiger partial charge in [-0.25, -0.2) is 0 Å². The number of rotatable bonds is 4. The molecule has 1 rings (SSSR count). The molecule has 3 heteroatoms. The normalized spacial score (nSPS) is 22.5. The molecule has 0 bridgehead atoms. The van der Waals surface area contributed by atoms with Crippen molar-refractivity contribution in [2.75, 3.05) is 26.7 Å². The number of allylic oxidation sites excluding steroid dienone is 1. The fourth-order valence-corrected chi connectivity index (χ4v) is 1.93. The summed E-state index contributed by atoms with van der Waals surface area (Å²) < 4.78 is 0. The van der Waals surface area contributed by atoms with E-state index < -0.39 is 0 Å². The monoisotopic (exact) mass is 207 g/mol. The molecule has 1 fully saturated rings. The summed E-state index contributed by atoms with van der Waals surface area (Å²) in [6.07, 6.45) is 3.38. The van der Waals surface area contributed by atoms with Crippen LogP contribution in [0.1, 0.15) is 26.2 Å². The Labute approximate surface area is 93.0 Å². The van der Waals surface area contributed by atoms with Gasteiger partial charge in [-0.15, -0.1) is 0 Å². The highest BCUT2D eigenvalue weighted by Gasteiger charge is 2.25. The molecule has 0 N–H and O–H groups in total. The van der Waals surface area contributed by atoms with Crippen LogP contribution >= 0.6 is 0 Å². The summed E-state index contributed by atoms with van der Waals surface area (Å²) in [7, 11) is 2.07. The zero-order valence-electron chi connectivity index (χ0n) is 9.87. The van der Waals surface area contributed by atoms with Gasteiger partial charge in [0.2, 0.25) is 0 Å². The molecule has 0 aromatic rings. The number of nitriles is 1. The third-order valence-electron chi connectivity index (χ3n) is 2.96. The van der Waals surface area contributed by atoms with Crippen LogP contribution in [0.4, 0.5) is 0 Å². The Morgan fingerprint density at radius 1 is 1.53 bits per heavy atom. The molecule has 3 nitrogen and oxygen atoms in total. The van der Waals surface area contributed by atoms with E-state index in [1.807, 2.05) is 0 Å². The van der Waals surface area contributed by atoms with E-state index in [4.69, 9.17) is 5.26 Å². The van der Waals surface area contributed by atoms with Crippen molar-refractivity contribution in [1.82, 2.24) is 9.80 Å². The van der Waals surface area contributed by atoms with E-state index in [1.54, 1.807) is 0 Å². The Morgan fingerprint density at radius 2 is 2.27 bits per heavy atom. The molecule has 0 aromatic carbocycles. The van der Waals surface area contributed by atoms with Crippen LogP contribution < -0.4 is 0 Å². The fraction of sp³-hybridized carbons (Fsp3) is 0.750. The second kappa shape index (κ2) is 5.77. The average Bonchev–Trinajstić information content (AvgIpc) is 2.25. The molecule has 1 aliphatic heterocycles. The van der Waals surface area contributed by atoms with Gasteiger partial charge in [0.25, 0.3) is 0 Å². The second-order valence-electron chi connectivity index (χ2n) is 4.27. The molecule has 1 saturated heterocycles. The number of piperazine rings is 1. The molecule has 0 aromatic heterocycles. The topological polar surface area (TPSA) is 30.3 Å². The van der Waals surface area contributed by atoms with Crippen molar-refractivity contribution in [2.45, 2.75) is 32.2 Å². The lowest BCUT2D eigenvalue weighted by Crippen LogP contribution is -2.50. The SMILES string of the molecule is C=C(CCCC)N1CCN(C)CC1C#N. The van der Waals surface area contributed by atoms with Crippen LogP contribution in [-0.4, -0.2) is 42.5 Å². The molecule has 1 heterocycles. The molecule has 15 heavy (non-hydrogen) atoms. The highest BCUT2D eigenvalue weighted by molar-refractivity contribution is 5.07. The van der Waals surface area contributed by atoms with Gasteiger partial charge < -0.3 is 9.80 Å². The Kier molecular flexibility index (Phi) is 4.64. The molecule has 0 spiro atoms. The third-order valence-corrected chi connectivity index (χ3v) is 2.96. The number of hydrogen-bond donors (Lipinski definition) is 0. The highest BCUT2D eigenvalue weighted by atomic mass is 15.3. The Morgan fingerprint density at radius 3 is 2.87 bits per heavy atom. The van der Waals surface area contributed by atoms with Crippen LogP contribution in [0, 0.1) is 11.3 Å². The summed E-state index contributed by atoms with van der Waals surface area (Å²) in [5.74, 6) is 0. The quantitative estimate of drug-likeness (QED) is 0.704. The molecule has 1 unspecified atom stereocenters. The van der Waals surface area contributed by atoms with Crippen LogP contribution in [0.5, 0.6) is 0 Å². The zero-order valence-corrected chi connectivity index (χ0v) is 9.87. The maximum Gasteiger partial charge on any atom is 0.129 e. The molecule has 1 aliphatic rings. The molecule has 1 atom stereocenters. The van der Waals surface area contributed by atoms with Crippen molar-refractivity contribution in [3.63, 3.8) is 0 Å². The van der Waals surface area contributed by atoms with E-state index in [0.29, 0.717) is 0 Å². The van der Waals surface area contributed by atoms with Gasteiger partial charge in [0.05, 0.1) is 6.07 Å². The highest BCUT2D eigenvalue weighted by Crippen LogP contribution is 2.17. The van der Waals surface area contributed by atoms with Crippen LogP contribution in [-0.2, 0) is 0 Å². The Bertz CT molecular complexity index is 254. The van der Waals surface area contributed by atoms with Gasteiger partial charge in [0.15, 0.2) is 0 Å². The van der Waals surface area contributed by atoms with Crippen molar-refractivity contribution in [3.05, 3.63) is 12.3 Å². The Balaban J connectivity index is 2.52. The second-order valence-corrected chi connectivity index (χ2v) is 4.27. The predicted octanol–water partition coefficient (Wildman–Crippen LogP) is 1.83. The number of unbranched alkanes of at least 4 members (excludes halogenated alkanes) is 1. The molecular weight excluding hydrogens is 186 g/mol. The van der Waals surface area contributed by atoms with Gasteiger partial charge in [0.1, 0.15) is 6.04 Å². The molecule has 0 aliphatic carbocycles. The molecule has 0 saturated carbocycles. The number of nitrogens with zero attached hydrogens (tertiary/aromatic N) is 3. The van der Waals surface area contributed by atoms with Crippen molar-refractivity contribution >= 4 is 0 Å². The van der Waals surface area contributed by atoms with Crippen LogP contribution in [0.15, 0.2) is 12.3 Å². The molecule has 84 valence electrons. The van der Waals surface area contributed by atoms with Crippen molar-refractivity contribution in [1.29, 1.82) is 5.26 Å². The van der Waals surface area contributed by atoms with Crippen molar-refractivity contribution < 1.29 is 0 Å². The van der Waals surface area contributed by atoms with E-state index in [9.17, 15) is 0 Å².